The minimum absolute atomic E-state index is 0.0467. The Bertz CT molecular complexity index is 1030. The number of amides is 1. The van der Waals surface area contributed by atoms with Crippen molar-refractivity contribution in [3.8, 4) is 5.75 Å². The van der Waals surface area contributed by atoms with Crippen molar-refractivity contribution in [2.45, 2.75) is 13.5 Å². The summed E-state index contributed by atoms with van der Waals surface area (Å²) in [4.78, 5) is 16.3. The standard InChI is InChI=1S/C26H28ClN3O2/c1-20-17-24(11-12-25(20)27)32-19-26(31)28-22-7-9-23(10-8-22)30-15-13-29(14-16-30)18-21-5-3-2-4-6-21/h2-12,17H,13-16,18-19H2,1H3,(H,28,31)/p+1. The molecule has 0 atom stereocenters. The molecule has 1 amide bonds. The highest BCUT2D eigenvalue weighted by atomic mass is 35.5. The fourth-order valence-electron chi connectivity index (χ4n) is 3.95. The molecule has 2 N–H and O–H groups in total. The summed E-state index contributed by atoms with van der Waals surface area (Å²) in [6, 6.07) is 24.1. The summed E-state index contributed by atoms with van der Waals surface area (Å²) in [5.41, 5.74) is 4.27. The maximum Gasteiger partial charge on any atom is 0.262 e. The minimum Gasteiger partial charge on any atom is -0.484 e. The van der Waals surface area contributed by atoms with Gasteiger partial charge < -0.3 is 19.9 Å². The lowest BCUT2D eigenvalue weighted by atomic mass is 10.2. The number of halogens is 1. The molecule has 1 aliphatic rings. The lowest BCUT2D eigenvalue weighted by molar-refractivity contribution is -0.914. The number of carbonyl (C=O) groups excluding carboxylic acids is 1. The van der Waals surface area contributed by atoms with Crippen molar-refractivity contribution in [2.24, 2.45) is 0 Å². The molecule has 1 aliphatic heterocycles. The van der Waals surface area contributed by atoms with Gasteiger partial charge in [-0.25, -0.2) is 0 Å². The molecule has 0 radical (unpaired) electrons. The van der Waals surface area contributed by atoms with Crippen LogP contribution in [0.2, 0.25) is 5.02 Å². The Morgan fingerprint density at radius 3 is 2.44 bits per heavy atom. The predicted octanol–water partition coefficient (Wildman–Crippen LogP) is 3.57. The van der Waals surface area contributed by atoms with Gasteiger partial charge in [-0.05, 0) is 55.0 Å². The van der Waals surface area contributed by atoms with Crippen molar-refractivity contribution in [1.82, 2.24) is 0 Å². The summed E-state index contributed by atoms with van der Waals surface area (Å²) in [5, 5.41) is 3.57. The number of hydrogen-bond acceptors (Lipinski definition) is 3. The molecule has 1 fully saturated rings. The molecule has 1 heterocycles. The first kappa shape index (κ1) is 22.2. The molecular formula is C26H29ClN3O2+. The zero-order chi connectivity index (χ0) is 22.3. The Balaban J connectivity index is 1.23. The van der Waals surface area contributed by atoms with E-state index in [1.165, 1.54) is 11.3 Å². The fraction of sp³-hybridized carbons (Fsp3) is 0.269. The van der Waals surface area contributed by atoms with Crippen molar-refractivity contribution in [2.75, 3.05) is 43.0 Å². The molecule has 0 saturated carbocycles. The predicted molar refractivity (Wildman–Crippen MR) is 130 cm³/mol. The molecule has 32 heavy (non-hydrogen) atoms. The lowest BCUT2D eigenvalue weighted by Gasteiger charge is -2.33. The highest BCUT2D eigenvalue weighted by molar-refractivity contribution is 6.31. The molecule has 5 nitrogen and oxygen atoms in total. The second-order valence-electron chi connectivity index (χ2n) is 8.19. The molecule has 0 aliphatic carbocycles. The Morgan fingerprint density at radius 1 is 1.03 bits per heavy atom. The van der Waals surface area contributed by atoms with Gasteiger partial charge in [0, 0.05) is 22.0 Å². The van der Waals surface area contributed by atoms with Crippen LogP contribution in [0.15, 0.2) is 72.8 Å². The maximum atomic E-state index is 12.2. The Morgan fingerprint density at radius 2 is 1.75 bits per heavy atom. The largest absolute Gasteiger partial charge is 0.484 e. The van der Waals surface area contributed by atoms with Crippen molar-refractivity contribution < 1.29 is 14.4 Å². The summed E-state index contributed by atoms with van der Waals surface area (Å²) < 4.78 is 5.57. The van der Waals surface area contributed by atoms with E-state index in [0.717, 1.165) is 44.0 Å². The Kier molecular flexibility index (Phi) is 7.30. The second-order valence-corrected chi connectivity index (χ2v) is 8.60. The fourth-order valence-corrected chi connectivity index (χ4v) is 4.07. The molecule has 0 unspecified atom stereocenters. The van der Waals surface area contributed by atoms with Crippen LogP contribution in [0.3, 0.4) is 0 Å². The molecular weight excluding hydrogens is 422 g/mol. The highest BCUT2D eigenvalue weighted by Gasteiger charge is 2.20. The van der Waals surface area contributed by atoms with Crippen LogP contribution >= 0.6 is 11.6 Å². The van der Waals surface area contributed by atoms with Gasteiger partial charge in [0.25, 0.3) is 5.91 Å². The molecule has 166 valence electrons. The lowest BCUT2D eigenvalue weighted by Crippen LogP contribution is -3.13. The van der Waals surface area contributed by atoms with Crippen LogP contribution in [0.25, 0.3) is 0 Å². The van der Waals surface area contributed by atoms with Gasteiger partial charge in [-0.3, -0.25) is 4.79 Å². The summed E-state index contributed by atoms with van der Waals surface area (Å²) in [6.07, 6.45) is 0. The quantitative estimate of drug-likeness (QED) is 0.578. The van der Waals surface area contributed by atoms with Crippen LogP contribution in [0, 0.1) is 6.92 Å². The number of quaternary nitrogens is 1. The molecule has 0 spiro atoms. The van der Waals surface area contributed by atoms with Gasteiger partial charge in [-0.15, -0.1) is 0 Å². The van der Waals surface area contributed by atoms with Gasteiger partial charge in [0.05, 0.1) is 26.2 Å². The van der Waals surface area contributed by atoms with E-state index in [0.29, 0.717) is 10.8 Å². The van der Waals surface area contributed by atoms with Crippen molar-refractivity contribution in [3.63, 3.8) is 0 Å². The average molecular weight is 451 g/mol. The van der Waals surface area contributed by atoms with Crippen LogP contribution < -0.4 is 19.9 Å². The zero-order valence-electron chi connectivity index (χ0n) is 18.3. The SMILES string of the molecule is Cc1cc(OCC(=O)Nc2ccc(N3CC[NH+](Cc4ccccc4)CC3)cc2)ccc1Cl. The summed E-state index contributed by atoms with van der Waals surface area (Å²) in [6.45, 7) is 7.24. The van der Waals surface area contributed by atoms with E-state index in [1.54, 1.807) is 17.0 Å². The minimum atomic E-state index is -0.191. The van der Waals surface area contributed by atoms with E-state index in [9.17, 15) is 4.79 Å². The molecule has 0 aromatic heterocycles. The maximum absolute atomic E-state index is 12.2. The number of nitrogens with zero attached hydrogens (tertiary/aromatic N) is 1. The van der Waals surface area contributed by atoms with Gasteiger partial charge in [0.2, 0.25) is 0 Å². The Hall–Kier alpha value is -3.02. The molecule has 1 saturated heterocycles. The number of hydrogen-bond donors (Lipinski definition) is 2. The molecule has 4 rings (SSSR count). The van der Waals surface area contributed by atoms with E-state index in [-0.39, 0.29) is 12.5 Å². The average Bonchev–Trinajstić information content (AvgIpc) is 2.82. The number of aryl methyl sites for hydroxylation is 1. The third-order valence-corrected chi connectivity index (χ3v) is 6.21. The number of anilines is 2. The number of nitrogens with one attached hydrogen (secondary N) is 2. The van der Waals surface area contributed by atoms with Crippen molar-refractivity contribution >= 4 is 28.9 Å². The summed E-state index contributed by atoms with van der Waals surface area (Å²) >= 11 is 6.02. The van der Waals surface area contributed by atoms with Crippen LogP contribution in [-0.2, 0) is 11.3 Å². The second kappa shape index (κ2) is 10.5. The van der Waals surface area contributed by atoms with Gasteiger partial charge >= 0.3 is 0 Å². The monoisotopic (exact) mass is 450 g/mol. The van der Waals surface area contributed by atoms with Crippen molar-refractivity contribution in [3.05, 3.63) is 88.9 Å². The van der Waals surface area contributed by atoms with E-state index in [4.69, 9.17) is 16.3 Å². The van der Waals surface area contributed by atoms with E-state index in [1.807, 2.05) is 25.1 Å². The van der Waals surface area contributed by atoms with Gasteiger partial charge in [-0.1, -0.05) is 41.9 Å². The number of carbonyl (C=O) groups is 1. The third-order valence-electron chi connectivity index (χ3n) is 5.78. The first-order valence-electron chi connectivity index (χ1n) is 11.0. The number of ether oxygens (including phenoxy) is 1. The first-order chi connectivity index (χ1) is 15.6. The van der Waals surface area contributed by atoms with Crippen LogP contribution in [-0.4, -0.2) is 38.7 Å². The smallest absolute Gasteiger partial charge is 0.262 e. The number of rotatable bonds is 7. The zero-order valence-corrected chi connectivity index (χ0v) is 19.1. The molecule has 0 bridgehead atoms. The summed E-state index contributed by atoms with van der Waals surface area (Å²) in [7, 11) is 0. The molecule has 6 heteroatoms. The highest BCUT2D eigenvalue weighted by Crippen LogP contribution is 2.21. The third kappa shape index (κ3) is 6.02. The first-order valence-corrected chi connectivity index (χ1v) is 11.4. The van der Waals surface area contributed by atoms with E-state index < -0.39 is 0 Å². The number of piperazine rings is 1. The topological polar surface area (TPSA) is 46.0 Å². The van der Waals surface area contributed by atoms with Crippen LogP contribution in [0.4, 0.5) is 11.4 Å². The van der Waals surface area contributed by atoms with Crippen LogP contribution in [0.5, 0.6) is 5.75 Å². The van der Waals surface area contributed by atoms with Crippen LogP contribution in [0.1, 0.15) is 11.1 Å². The van der Waals surface area contributed by atoms with Gasteiger partial charge in [0.15, 0.2) is 6.61 Å². The molecule has 3 aromatic rings. The van der Waals surface area contributed by atoms with Crippen molar-refractivity contribution in [1.29, 1.82) is 0 Å². The normalized spacial score (nSPS) is 14.2. The summed E-state index contributed by atoms with van der Waals surface area (Å²) in [5.74, 6) is 0.439. The molecule has 3 aromatic carbocycles. The Labute approximate surface area is 194 Å². The van der Waals surface area contributed by atoms with E-state index >= 15 is 0 Å². The number of benzene rings is 3. The van der Waals surface area contributed by atoms with Gasteiger partial charge in [0.1, 0.15) is 12.3 Å². The van der Waals surface area contributed by atoms with Gasteiger partial charge in [-0.2, -0.15) is 0 Å². The van der Waals surface area contributed by atoms with E-state index in [2.05, 4.69) is 52.7 Å².